The number of hydrogen-bond donors (Lipinski definition) is 0. The van der Waals surface area contributed by atoms with Gasteiger partial charge in [-0.15, -0.1) is 0 Å². The second kappa shape index (κ2) is 16.7. The van der Waals surface area contributed by atoms with Crippen molar-refractivity contribution in [1.82, 2.24) is 9.13 Å². The molecule has 0 saturated carbocycles. The van der Waals surface area contributed by atoms with Gasteiger partial charge in [0.25, 0.3) is 0 Å². The fourth-order valence-electron chi connectivity index (χ4n) is 10.6. The van der Waals surface area contributed by atoms with Crippen molar-refractivity contribution in [2.45, 2.75) is 12.3 Å². The highest BCUT2D eigenvalue weighted by molar-refractivity contribution is 6.28. The minimum absolute atomic E-state index is 0.0760. The van der Waals surface area contributed by atoms with Crippen LogP contribution in [0.25, 0.3) is 82.5 Å². The SMILES string of the molecule is C=C(/N=C(\N=C\c1ccccc1)c1ccccc1)C1=CC(c2ccccc2)=C(n2c3ccccc3c3c4oc5c(ccc6c7ccccc7n(-c7ccccc7)c65)c4ccc32)C(c2ccccc2)C1. The number of fused-ring (bicyclic) bond motifs is 11. The average Bonchev–Trinajstić information content (AvgIpc) is 4.08. The van der Waals surface area contributed by atoms with Gasteiger partial charge in [0.05, 0.1) is 33.2 Å². The summed E-state index contributed by atoms with van der Waals surface area (Å²) in [4.78, 5) is 10.2. The molecule has 5 nitrogen and oxygen atoms in total. The second-order valence-corrected chi connectivity index (χ2v) is 17.7. The molecule has 1 aliphatic carbocycles. The van der Waals surface area contributed by atoms with E-state index in [9.17, 15) is 0 Å². The van der Waals surface area contributed by atoms with E-state index in [1.165, 1.54) is 16.6 Å². The number of furan rings is 1. The van der Waals surface area contributed by atoms with Crippen molar-refractivity contribution in [3.8, 4) is 5.69 Å². The Hall–Kier alpha value is -9.06. The van der Waals surface area contributed by atoms with Crippen LogP contribution in [-0.4, -0.2) is 21.2 Å². The second-order valence-electron chi connectivity index (χ2n) is 17.7. The third-order valence-corrected chi connectivity index (χ3v) is 13.7. The molecular weight excluding hydrogens is 841 g/mol. The van der Waals surface area contributed by atoms with Crippen LogP contribution in [0.4, 0.5) is 0 Å². The number of hydrogen-bond acceptors (Lipinski definition) is 2. The lowest BCUT2D eigenvalue weighted by Gasteiger charge is -2.31. The van der Waals surface area contributed by atoms with E-state index >= 15 is 0 Å². The van der Waals surface area contributed by atoms with E-state index < -0.39 is 0 Å². The van der Waals surface area contributed by atoms with Crippen LogP contribution >= 0.6 is 0 Å². The van der Waals surface area contributed by atoms with E-state index in [0.717, 1.165) is 93.7 Å². The highest BCUT2D eigenvalue weighted by atomic mass is 16.3. The molecule has 3 heterocycles. The van der Waals surface area contributed by atoms with E-state index in [2.05, 4.69) is 198 Å². The predicted octanol–water partition coefficient (Wildman–Crippen LogP) is 16.4. The number of rotatable bonds is 8. The lowest BCUT2D eigenvalue weighted by atomic mass is 9.79. The zero-order chi connectivity index (χ0) is 45.8. The molecule has 0 amide bonds. The molecule has 0 N–H and O–H groups in total. The Balaban J connectivity index is 1.07. The molecule has 0 bridgehead atoms. The normalized spacial score (nSPS) is 14.6. The van der Waals surface area contributed by atoms with E-state index in [4.69, 9.17) is 14.4 Å². The van der Waals surface area contributed by atoms with Crippen LogP contribution in [0.3, 0.4) is 0 Å². The van der Waals surface area contributed by atoms with Crippen LogP contribution in [0.1, 0.15) is 34.6 Å². The van der Waals surface area contributed by atoms with Gasteiger partial charge in [0.1, 0.15) is 5.58 Å². The van der Waals surface area contributed by atoms with Crippen molar-refractivity contribution in [1.29, 1.82) is 0 Å². The molecule has 0 aliphatic heterocycles. The van der Waals surface area contributed by atoms with Gasteiger partial charge in [-0.25, -0.2) is 9.98 Å². The number of allylic oxidation sites excluding steroid dienone is 4. The molecule has 0 radical (unpaired) electrons. The van der Waals surface area contributed by atoms with Crippen molar-refractivity contribution in [2.24, 2.45) is 9.98 Å². The number of benzene rings is 9. The highest BCUT2D eigenvalue weighted by Gasteiger charge is 2.32. The van der Waals surface area contributed by atoms with Gasteiger partial charge in [-0.3, -0.25) is 0 Å². The quantitative estimate of drug-likeness (QED) is 0.111. The largest absolute Gasteiger partial charge is 0.453 e. The summed E-state index contributed by atoms with van der Waals surface area (Å²) in [6.45, 7) is 4.69. The minimum Gasteiger partial charge on any atom is -0.453 e. The monoisotopic (exact) mass is 884 g/mol. The lowest BCUT2D eigenvalue weighted by molar-refractivity contribution is 0.675. The van der Waals surface area contributed by atoms with Crippen molar-refractivity contribution >= 4 is 88.9 Å². The first-order chi connectivity index (χ1) is 34.2. The van der Waals surface area contributed by atoms with Gasteiger partial charge >= 0.3 is 0 Å². The van der Waals surface area contributed by atoms with Crippen molar-refractivity contribution < 1.29 is 4.42 Å². The molecule has 1 atom stereocenters. The van der Waals surface area contributed by atoms with Gasteiger partial charge in [-0.1, -0.05) is 189 Å². The molecule has 9 aromatic carbocycles. The highest BCUT2D eigenvalue weighted by Crippen LogP contribution is 2.50. The minimum atomic E-state index is -0.0760. The zero-order valence-electron chi connectivity index (χ0n) is 37.7. The summed E-state index contributed by atoms with van der Waals surface area (Å²) in [5.74, 6) is 0.532. The molecule has 326 valence electrons. The molecule has 12 aromatic rings. The molecule has 1 unspecified atom stereocenters. The van der Waals surface area contributed by atoms with Crippen LogP contribution in [0.5, 0.6) is 0 Å². The fraction of sp³-hybridized carbons (Fsp3) is 0.0312. The molecule has 5 heteroatoms. The Morgan fingerprint density at radius 1 is 0.522 bits per heavy atom. The summed E-state index contributed by atoms with van der Waals surface area (Å²) in [7, 11) is 0. The molecular formula is C64H44N4O. The van der Waals surface area contributed by atoms with Gasteiger partial charge in [-0.2, -0.15) is 0 Å². The number of aliphatic imine (C=N–C) groups is 2. The maximum Gasteiger partial charge on any atom is 0.160 e. The van der Waals surface area contributed by atoms with E-state index in [1.807, 2.05) is 54.7 Å². The van der Waals surface area contributed by atoms with Crippen LogP contribution < -0.4 is 0 Å². The molecule has 0 saturated heterocycles. The number of nitrogens with zero attached hydrogens (tertiary/aromatic N) is 4. The zero-order valence-corrected chi connectivity index (χ0v) is 37.7. The molecule has 1 aliphatic rings. The van der Waals surface area contributed by atoms with Crippen molar-refractivity contribution in [3.05, 3.63) is 271 Å². The summed E-state index contributed by atoms with van der Waals surface area (Å²) >= 11 is 0. The number of aromatic nitrogens is 2. The maximum atomic E-state index is 7.37. The van der Waals surface area contributed by atoms with Crippen LogP contribution in [0.2, 0.25) is 0 Å². The summed E-state index contributed by atoms with van der Waals surface area (Å²) in [6, 6.07) is 79.1. The standard InChI is InChI=1S/C64H44N4O/c1-42(66-64(46-27-13-5-14-28-46)65-41-43-21-7-2-8-22-43)47-39-54(44-23-9-3-10-24-44)60(55(40-47)45-25-11-4-12-26-45)68-57-34-20-18-32-53(57)59-58(68)38-37-51-52-36-35-50-49-31-17-19-33-56(49)67(48-29-15-6-16-30-48)61(50)63(52)69-62(51)59/h2-39,41,55H,1,40H2/b65-41+,66-64-. The average molecular weight is 885 g/mol. The van der Waals surface area contributed by atoms with Crippen LogP contribution in [-0.2, 0) is 0 Å². The molecule has 3 aromatic heterocycles. The lowest BCUT2D eigenvalue weighted by Crippen LogP contribution is -2.16. The first-order valence-electron chi connectivity index (χ1n) is 23.5. The Kier molecular flexibility index (Phi) is 9.72. The third-order valence-electron chi connectivity index (χ3n) is 13.7. The van der Waals surface area contributed by atoms with Gasteiger partial charge in [0, 0.05) is 61.6 Å². The summed E-state index contributed by atoms with van der Waals surface area (Å²) in [5.41, 5.74) is 15.5. The summed E-state index contributed by atoms with van der Waals surface area (Å²) in [5, 5.41) is 6.77. The van der Waals surface area contributed by atoms with Gasteiger partial charge in [0.2, 0.25) is 0 Å². The molecule has 0 spiro atoms. The van der Waals surface area contributed by atoms with Gasteiger partial charge in [-0.05, 0) is 77.2 Å². The number of amidine groups is 1. The fourth-order valence-corrected chi connectivity index (χ4v) is 10.6. The summed E-state index contributed by atoms with van der Waals surface area (Å²) in [6.07, 6.45) is 4.87. The van der Waals surface area contributed by atoms with Crippen LogP contribution in [0, 0.1) is 0 Å². The van der Waals surface area contributed by atoms with Gasteiger partial charge < -0.3 is 13.6 Å². The molecule has 0 fully saturated rings. The number of para-hydroxylation sites is 3. The Morgan fingerprint density at radius 2 is 1.10 bits per heavy atom. The third kappa shape index (κ3) is 6.78. The smallest absolute Gasteiger partial charge is 0.160 e. The van der Waals surface area contributed by atoms with Crippen LogP contribution in [0.15, 0.2) is 263 Å². The van der Waals surface area contributed by atoms with Crippen molar-refractivity contribution in [3.63, 3.8) is 0 Å². The molecule has 13 rings (SSSR count). The molecule has 69 heavy (non-hydrogen) atoms. The topological polar surface area (TPSA) is 47.7 Å². The van der Waals surface area contributed by atoms with Crippen molar-refractivity contribution in [2.75, 3.05) is 0 Å². The summed E-state index contributed by atoms with van der Waals surface area (Å²) < 4.78 is 12.2. The van der Waals surface area contributed by atoms with E-state index in [1.54, 1.807) is 0 Å². The van der Waals surface area contributed by atoms with E-state index in [-0.39, 0.29) is 5.92 Å². The van der Waals surface area contributed by atoms with E-state index in [0.29, 0.717) is 18.0 Å². The Morgan fingerprint density at radius 3 is 1.84 bits per heavy atom. The maximum absolute atomic E-state index is 7.37. The first kappa shape index (κ1) is 40.2. The Labute approximate surface area is 399 Å². The van der Waals surface area contributed by atoms with Gasteiger partial charge in [0.15, 0.2) is 11.4 Å². The Bertz CT molecular complexity index is 4080. The predicted molar refractivity (Wildman–Crippen MR) is 289 cm³/mol. The first-order valence-corrected chi connectivity index (χ1v) is 23.5.